The lowest BCUT2D eigenvalue weighted by atomic mass is 9.82. The largest absolute Gasteiger partial charge is 0.456 e. The van der Waals surface area contributed by atoms with Gasteiger partial charge in [0.25, 0.3) is 0 Å². The molecule has 0 atom stereocenters. The maximum Gasteiger partial charge on any atom is 0.136 e. The number of fused-ring (bicyclic) bond motifs is 7. The summed E-state index contributed by atoms with van der Waals surface area (Å²) in [5.74, 6) is 1.41. The van der Waals surface area contributed by atoms with E-state index in [1.807, 2.05) is 0 Å². The quantitative estimate of drug-likeness (QED) is 0.192. The zero-order chi connectivity index (χ0) is 31.5. The van der Waals surface area contributed by atoms with Crippen molar-refractivity contribution in [3.8, 4) is 11.1 Å². The minimum Gasteiger partial charge on any atom is -0.456 e. The van der Waals surface area contributed by atoms with Crippen LogP contribution >= 0.6 is 0 Å². The molecule has 1 heterocycles. The average molecular weight is 616 g/mol. The van der Waals surface area contributed by atoms with Crippen molar-refractivity contribution < 1.29 is 4.42 Å². The summed E-state index contributed by atoms with van der Waals surface area (Å²) in [6, 6.07) is 39.2. The van der Waals surface area contributed by atoms with Gasteiger partial charge in [-0.15, -0.1) is 0 Å². The Kier molecular flexibility index (Phi) is 7.03. The van der Waals surface area contributed by atoms with Gasteiger partial charge in [-0.3, -0.25) is 0 Å². The molecule has 0 amide bonds. The van der Waals surface area contributed by atoms with Gasteiger partial charge in [0.2, 0.25) is 0 Å². The summed E-state index contributed by atoms with van der Waals surface area (Å²) in [6.07, 6.45) is 13.5. The van der Waals surface area contributed by atoms with E-state index in [-0.39, 0.29) is 5.41 Å². The lowest BCUT2D eigenvalue weighted by Crippen LogP contribution is -2.16. The predicted octanol–water partition coefficient (Wildman–Crippen LogP) is 13.5. The zero-order valence-electron chi connectivity index (χ0n) is 27.9. The highest BCUT2D eigenvalue weighted by molar-refractivity contribution is 6.15. The number of benzene rings is 5. The molecule has 0 spiro atoms. The number of anilines is 3. The molecule has 6 aromatic rings. The van der Waals surface area contributed by atoms with Gasteiger partial charge in [0, 0.05) is 33.2 Å². The van der Waals surface area contributed by atoms with Crippen molar-refractivity contribution in [2.75, 3.05) is 4.90 Å². The summed E-state index contributed by atoms with van der Waals surface area (Å²) in [5.41, 5.74) is 13.9. The molecular weight excluding hydrogens is 571 g/mol. The van der Waals surface area contributed by atoms with Crippen LogP contribution in [0.2, 0.25) is 0 Å². The van der Waals surface area contributed by atoms with Crippen molar-refractivity contribution >= 4 is 39.0 Å². The zero-order valence-corrected chi connectivity index (χ0v) is 27.9. The van der Waals surface area contributed by atoms with Gasteiger partial charge in [-0.25, -0.2) is 0 Å². The minimum absolute atomic E-state index is 0.130. The molecule has 9 rings (SSSR count). The first-order valence-electron chi connectivity index (χ1n) is 18.2. The van der Waals surface area contributed by atoms with Crippen LogP contribution in [0, 0.1) is 0 Å². The van der Waals surface area contributed by atoms with E-state index in [1.54, 1.807) is 0 Å². The van der Waals surface area contributed by atoms with Gasteiger partial charge in [0.1, 0.15) is 11.2 Å². The maximum absolute atomic E-state index is 6.34. The fourth-order valence-electron chi connectivity index (χ4n) is 9.28. The number of furan rings is 1. The molecule has 0 N–H and O–H groups in total. The minimum atomic E-state index is -0.130. The Bertz CT molecular complexity index is 2010. The Morgan fingerprint density at radius 3 is 1.74 bits per heavy atom. The first kappa shape index (κ1) is 28.9. The van der Waals surface area contributed by atoms with Gasteiger partial charge in [-0.1, -0.05) is 107 Å². The molecule has 2 heteroatoms. The molecule has 2 saturated carbocycles. The second kappa shape index (κ2) is 11.4. The Balaban J connectivity index is 1.16. The van der Waals surface area contributed by atoms with Crippen molar-refractivity contribution in [2.24, 2.45) is 0 Å². The number of nitrogens with zero attached hydrogens (tertiary/aromatic N) is 1. The third-order valence-electron chi connectivity index (χ3n) is 11.9. The van der Waals surface area contributed by atoms with Crippen LogP contribution in [0.15, 0.2) is 108 Å². The molecule has 0 bridgehead atoms. The molecule has 2 nitrogen and oxygen atoms in total. The second-order valence-electron chi connectivity index (χ2n) is 15.0. The average Bonchev–Trinajstić information content (AvgIpc) is 3.62. The molecule has 2 fully saturated rings. The van der Waals surface area contributed by atoms with E-state index in [0.29, 0.717) is 11.8 Å². The van der Waals surface area contributed by atoms with Crippen LogP contribution in [-0.4, -0.2) is 0 Å². The fraction of sp³-hybridized carbons (Fsp3) is 0.333. The summed E-state index contributed by atoms with van der Waals surface area (Å²) in [5, 5.41) is 2.44. The number of hydrogen-bond acceptors (Lipinski definition) is 2. The Morgan fingerprint density at radius 2 is 1.13 bits per heavy atom. The summed E-state index contributed by atoms with van der Waals surface area (Å²) >= 11 is 0. The van der Waals surface area contributed by atoms with Gasteiger partial charge < -0.3 is 9.32 Å². The summed E-state index contributed by atoms with van der Waals surface area (Å²) < 4.78 is 6.34. The van der Waals surface area contributed by atoms with Crippen molar-refractivity contribution in [1.29, 1.82) is 0 Å². The monoisotopic (exact) mass is 615 g/mol. The SMILES string of the molecule is CC1(C)c2cc(N(c3ccc(C4CCCCC4)cc3)c3ccc(C4CCCCC4)cc3)ccc2-c2c1ccc1oc3ccccc3c21. The van der Waals surface area contributed by atoms with E-state index in [0.717, 1.165) is 11.2 Å². The van der Waals surface area contributed by atoms with Crippen molar-refractivity contribution in [3.63, 3.8) is 0 Å². The molecule has 0 unspecified atom stereocenters. The van der Waals surface area contributed by atoms with E-state index >= 15 is 0 Å². The molecule has 0 aliphatic heterocycles. The fourth-order valence-corrected chi connectivity index (χ4v) is 9.28. The molecule has 3 aliphatic carbocycles. The van der Waals surface area contributed by atoms with Crippen LogP contribution in [-0.2, 0) is 5.41 Å². The van der Waals surface area contributed by atoms with Crippen LogP contribution in [0.3, 0.4) is 0 Å². The lowest BCUT2D eigenvalue weighted by molar-refractivity contribution is 0.443. The van der Waals surface area contributed by atoms with Gasteiger partial charge >= 0.3 is 0 Å². The summed E-state index contributed by atoms with van der Waals surface area (Å²) in [6.45, 7) is 4.77. The molecule has 0 radical (unpaired) electrons. The van der Waals surface area contributed by atoms with Crippen LogP contribution in [0.25, 0.3) is 33.1 Å². The molecule has 236 valence electrons. The van der Waals surface area contributed by atoms with E-state index in [1.165, 1.54) is 125 Å². The smallest absolute Gasteiger partial charge is 0.136 e. The molecule has 47 heavy (non-hydrogen) atoms. The van der Waals surface area contributed by atoms with E-state index in [4.69, 9.17) is 4.42 Å². The Morgan fingerprint density at radius 1 is 0.553 bits per heavy atom. The van der Waals surface area contributed by atoms with Crippen molar-refractivity contribution in [2.45, 2.75) is 95.3 Å². The normalized spacial score (nSPS) is 18.0. The third kappa shape index (κ3) is 4.83. The van der Waals surface area contributed by atoms with Crippen molar-refractivity contribution in [1.82, 2.24) is 0 Å². The van der Waals surface area contributed by atoms with Crippen LogP contribution < -0.4 is 4.90 Å². The van der Waals surface area contributed by atoms with Gasteiger partial charge in [-0.05, 0) is 119 Å². The molecule has 5 aromatic carbocycles. The number of para-hydroxylation sites is 1. The van der Waals surface area contributed by atoms with Gasteiger partial charge in [0.05, 0.1) is 0 Å². The lowest BCUT2D eigenvalue weighted by Gasteiger charge is -2.29. The first-order valence-corrected chi connectivity index (χ1v) is 18.2. The number of hydrogen-bond donors (Lipinski definition) is 0. The topological polar surface area (TPSA) is 16.4 Å². The predicted molar refractivity (Wildman–Crippen MR) is 198 cm³/mol. The maximum atomic E-state index is 6.34. The highest BCUT2D eigenvalue weighted by Gasteiger charge is 2.38. The number of rotatable bonds is 5. The highest BCUT2D eigenvalue weighted by atomic mass is 16.3. The molecule has 3 aliphatic rings. The Labute approximate surface area is 279 Å². The second-order valence-corrected chi connectivity index (χ2v) is 15.0. The van der Waals surface area contributed by atoms with Crippen molar-refractivity contribution in [3.05, 3.63) is 125 Å². The third-order valence-corrected chi connectivity index (χ3v) is 11.9. The Hall–Kier alpha value is -4.30. The first-order chi connectivity index (χ1) is 23.1. The van der Waals surface area contributed by atoms with E-state index < -0.39 is 0 Å². The highest BCUT2D eigenvalue weighted by Crippen LogP contribution is 2.54. The molecule has 1 aromatic heterocycles. The van der Waals surface area contributed by atoms with Gasteiger partial charge in [0.15, 0.2) is 0 Å². The van der Waals surface area contributed by atoms with Crippen LogP contribution in [0.1, 0.15) is 112 Å². The van der Waals surface area contributed by atoms with Gasteiger partial charge in [-0.2, -0.15) is 0 Å². The molecule has 0 saturated heterocycles. The van der Waals surface area contributed by atoms with E-state index in [2.05, 4.69) is 122 Å². The summed E-state index contributed by atoms with van der Waals surface area (Å²) in [4.78, 5) is 2.48. The van der Waals surface area contributed by atoms with Crippen LogP contribution in [0.4, 0.5) is 17.1 Å². The summed E-state index contributed by atoms with van der Waals surface area (Å²) in [7, 11) is 0. The molecular formula is C45H45NO. The standard InChI is InChI=1S/C45H45NO/c1-45(2)39-27-28-42-44(38-15-9-10-16-41(38)47-42)43(39)37-26-25-36(29-40(37)45)46(34-21-17-32(18-22-34)30-11-5-3-6-12-30)35-23-19-33(20-24-35)31-13-7-4-8-14-31/h9-10,15-31H,3-8,11-14H2,1-2H3. The van der Waals surface area contributed by atoms with E-state index in [9.17, 15) is 0 Å². The van der Waals surface area contributed by atoms with Crippen LogP contribution in [0.5, 0.6) is 0 Å².